The highest BCUT2D eigenvalue weighted by Crippen LogP contribution is 2.27. The number of hydrogen-bond acceptors (Lipinski definition) is 6. The van der Waals surface area contributed by atoms with E-state index in [2.05, 4.69) is 35.1 Å². The van der Waals surface area contributed by atoms with Gasteiger partial charge in [-0.05, 0) is 25.0 Å². The van der Waals surface area contributed by atoms with Crippen molar-refractivity contribution in [2.45, 2.75) is 104 Å². The molecule has 0 aliphatic heterocycles. The van der Waals surface area contributed by atoms with Crippen LogP contribution >= 0.6 is 0 Å². The smallest absolute Gasteiger partial charge is 0.314 e. The summed E-state index contributed by atoms with van der Waals surface area (Å²) < 4.78 is 10.7. The van der Waals surface area contributed by atoms with Gasteiger partial charge in [-0.1, -0.05) is 90.2 Å². The molecule has 1 rings (SSSR count). The third-order valence-electron chi connectivity index (χ3n) is 6.16. The zero-order valence-corrected chi connectivity index (χ0v) is 24.5. The van der Waals surface area contributed by atoms with Gasteiger partial charge in [0.1, 0.15) is 0 Å². The first-order valence-corrected chi connectivity index (χ1v) is 15.0. The van der Waals surface area contributed by atoms with Crippen LogP contribution in [0.1, 0.15) is 104 Å². The fourth-order valence-electron chi connectivity index (χ4n) is 3.86. The second-order valence-electron chi connectivity index (χ2n) is 9.80. The van der Waals surface area contributed by atoms with Crippen LogP contribution in [-0.4, -0.2) is 50.2 Å². The Morgan fingerprint density at radius 2 is 0.875 bits per heavy atom. The number of esters is 2. The Hall–Kier alpha value is -3.30. The molecule has 0 saturated carbocycles. The molecule has 1 aromatic rings. The van der Waals surface area contributed by atoms with Crippen LogP contribution in [-0.2, 0) is 9.59 Å². The van der Waals surface area contributed by atoms with E-state index in [4.69, 9.17) is 9.47 Å². The molecule has 4 amide bonds. The first-order valence-electron chi connectivity index (χ1n) is 15.0. The monoisotopic (exact) mass is 562 g/mol. The zero-order valence-electron chi connectivity index (χ0n) is 24.5. The first-order chi connectivity index (χ1) is 19.5. The number of para-hydroxylation sites is 2. The van der Waals surface area contributed by atoms with E-state index in [0.717, 1.165) is 25.7 Å². The molecular weight excluding hydrogens is 512 g/mol. The molecule has 0 aliphatic carbocycles. The van der Waals surface area contributed by atoms with Crippen LogP contribution in [0.2, 0.25) is 0 Å². The molecule has 0 aliphatic rings. The van der Waals surface area contributed by atoms with Crippen LogP contribution in [0.25, 0.3) is 0 Å². The molecule has 0 fully saturated rings. The van der Waals surface area contributed by atoms with Gasteiger partial charge in [0, 0.05) is 26.2 Å². The Morgan fingerprint density at radius 1 is 0.525 bits per heavy atom. The van der Waals surface area contributed by atoms with E-state index in [-0.39, 0.29) is 49.5 Å². The number of hydrogen-bond donors (Lipinski definition) is 4. The number of benzene rings is 1. The maximum absolute atomic E-state index is 12.2. The van der Waals surface area contributed by atoms with Gasteiger partial charge in [-0.2, -0.15) is 0 Å². The number of carbonyl (C=O) groups is 4. The highest BCUT2D eigenvalue weighted by atomic mass is 16.6. The van der Waals surface area contributed by atoms with Gasteiger partial charge in [0.2, 0.25) is 0 Å². The lowest BCUT2D eigenvalue weighted by Gasteiger charge is -2.11. The third-order valence-corrected chi connectivity index (χ3v) is 6.16. The molecule has 4 N–H and O–H groups in total. The number of carbonyl (C=O) groups excluding carboxylic acids is 4. The molecule has 40 heavy (non-hydrogen) atoms. The van der Waals surface area contributed by atoms with Gasteiger partial charge in [0.05, 0.1) is 12.8 Å². The van der Waals surface area contributed by atoms with Gasteiger partial charge in [-0.15, -0.1) is 0 Å². The van der Waals surface area contributed by atoms with Gasteiger partial charge in [-0.3, -0.25) is 9.59 Å². The molecule has 0 spiro atoms. The Balaban J connectivity index is 2.23. The SMILES string of the molecule is CCCCCCCCNC(=O)NCCC(=O)Oc1ccccc1OC(=O)CCNC(=O)NCCCCCCCC. The van der Waals surface area contributed by atoms with Crippen molar-refractivity contribution in [2.24, 2.45) is 0 Å². The minimum atomic E-state index is -0.566. The molecule has 0 saturated heterocycles. The van der Waals surface area contributed by atoms with Crippen LogP contribution in [0.3, 0.4) is 0 Å². The zero-order chi connectivity index (χ0) is 29.3. The van der Waals surface area contributed by atoms with Crippen molar-refractivity contribution in [3.63, 3.8) is 0 Å². The fourth-order valence-corrected chi connectivity index (χ4v) is 3.86. The van der Waals surface area contributed by atoms with Crippen LogP contribution in [0.5, 0.6) is 11.5 Å². The molecule has 0 atom stereocenters. The van der Waals surface area contributed by atoms with Crippen molar-refractivity contribution in [2.75, 3.05) is 26.2 Å². The standard InChI is InChI=1S/C30H50N4O6/c1-3-5-7-9-11-15-21-31-29(37)33-23-19-27(35)39-25-17-13-14-18-26(25)40-28(36)20-24-34-30(38)32-22-16-12-10-8-6-4-2/h13-14,17-18H,3-12,15-16,19-24H2,1-2H3,(H2,31,33,37)(H2,32,34,38). The number of nitrogens with one attached hydrogen (secondary N) is 4. The molecule has 0 bridgehead atoms. The van der Waals surface area contributed by atoms with Crippen molar-refractivity contribution < 1.29 is 28.7 Å². The molecule has 0 radical (unpaired) electrons. The molecular formula is C30H50N4O6. The molecule has 10 nitrogen and oxygen atoms in total. The molecule has 1 aromatic carbocycles. The van der Waals surface area contributed by atoms with Gasteiger partial charge in [0.15, 0.2) is 11.5 Å². The van der Waals surface area contributed by atoms with E-state index in [1.165, 1.54) is 63.5 Å². The summed E-state index contributed by atoms with van der Waals surface area (Å²) in [7, 11) is 0. The predicted molar refractivity (Wildman–Crippen MR) is 157 cm³/mol. The van der Waals surface area contributed by atoms with Crippen molar-refractivity contribution in [3.8, 4) is 11.5 Å². The van der Waals surface area contributed by atoms with Crippen LogP contribution < -0.4 is 30.7 Å². The van der Waals surface area contributed by atoms with E-state index in [1.807, 2.05) is 0 Å². The Bertz CT molecular complexity index is 795. The summed E-state index contributed by atoms with van der Waals surface area (Å²) in [6.45, 7) is 5.79. The van der Waals surface area contributed by atoms with E-state index < -0.39 is 11.9 Å². The summed E-state index contributed by atoms with van der Waals surface area (Å²) in [5.74, 6) is -0.914. The number of rotatable bonds is 22. The van der Waals surface area contributed by atoms with Gasteiger partial charge >= 0.3 is 24.0 Å². The van der Waals surface area contributed by atoms with Crippen LogP contribution in [0.15, 0.2) is 24.3 Å². The summed E-state index contributed by atoms with van der Waals surface area (Å²) >= 11 is 0. The summed E-state index contributed by atoms with van der Waals surface area (Å²) in [6, 6.07) is 5.72. The quantitative estimate of drug-likeness (QED) is 0.0826. The normalized spacial score (nSPS) is 10.4. The fraction of sp³-hybridized carbons (Fsp3) is 0.667. The first kappa shape index (κ1) is 34.7. The van der Waals surface area contributed by atoms with E-state index in [0.29, 0.717) is 13.1 Å². The summed E-state index contributed by atoms with van der Waals surface area (Å²) in [6.07, 6.45) is 13.6. The van der Waals surface area contributed by atoms with Crippen LogP contribution in [0.4, 0.5) is 9.59 Å². The minimum absolute atomic E-state index is 0.0372. The molecule has 0 heterocycles. The highest BCUT2D eigenvalue weighted by molar-refractivity contribution is 5.78. The van der Waals surface area contributed by atoms with E-state index >= 15 is 0 Å². The number of unbranched alkanes of at least 4 members (excludes halogenated alkanes) is 10. The minimum Gasteiger partial charge on any atom is -0.422 e. The summed E-state index contributed by atoms with van der Waals surface area (Å²) in [4.78, 5) is 48.2. The average Bonchev–Trinajstić information content (AvgIpc) is 2.93. The van der Waals surface area contributed by atoms with E-state index in [1.54, 1.807) is 12.1 Å². The topological polar surface area (TPSA) is 135 Å². The van der Waals surface area contributed by atoms with Gasteiger partial charge in [0.25, 0.3) is 0 Å². The highest BCUT2D eigenvalue weighted by Gasteiger charge is 2.14. The van der Waals surface area contributed by atoms with Gasteiger partial charge in [-0.25, -0.2) is 9.59 Å². The maximum Gasteiger partial charge on any atom is 0.314 e. The van der Waals surface area contributed by atoms with Crippen molar-refractivity contribution in [1.29, 1.82) is 0 Å². The second kappa shape index (κ2) is 23.6. The number of ether oxygens (including phenoxy) is 2. The Morgan fingerprint density at radius 3 is 1.27 bits per heavy atom. The van der Waals surface area contributed by atoms with Crippen LogP contribution in [0, 0.1) is 0 Å². The lowest BCUT2D eigenvalue weighted by atomic mass is 10.1. The summed E-state index contributed by atoms with van der Waals surface area (Å²) in [5, 5.41) is 10.8. The third kappa shape index (κ3) is 18.9. The lowest BCUT2D eigenvalue weighted by molar-refractivity contribution is -0.137. The van der Waals surface area contributed by atoms with E-state index in [9.17, 15) is 19.2 Å². The number of amides is 4. The molecule has 226 valence electrons. The van der Waals surface area contributed by atoms with Crippen molar-refractivity contribution >= 4 is 24.0 Å². The van der Waals surface area contributed by atoms with Gasteiger partial charge < -0.3 is 30.7 Å². The lowest BCUT2D eigenvalue weighted by Crippen LogP contribution is -2.37. The Kier molecular flexibility index (Phi) is 20.5. The number of urea groups is 2. The van der Waals surface area contributed by atoms with Crippen molar-refractivity contribution in [1.82, 2.24) is 21.3 Å². The summed E-state index contributed by atoms with van der Waals surface area (Å²) in [5.41, 5.74) is 0. The van der Waals surface area contributed by atoms with Crippen molar-refractivity contribution in [3.05, 3.63) is 24.3 Å². The maximum atomic E-state index is 12.2. The molecule has 0 aromatic heterocycles. The second-order valence-corrected chi connectivity index (χ2v) is 9.80. The Labute approximate surface area is 239 Å². The average molecular weight is 563 g/mol. The largest absolute Gasteiger partial charge is 0.422 e. The molecule has 10 heteroatoms. The molecule has 0 unspecified atom stereocenters. The predicted octanol–water partition coefficient (Wildman–Crippen LogP) is 5.60.